The summed E-state index contributed by atoms with van der Waals surface area (Å²) in [6.07, 6.45) is 2.84. The molecule has 1 nitrogen and oxygen atoms in total. The summed E-state index contributed by atoms with van der Waals surface area (Å²) in [4.78, 5) is 0. The first-order valence-electron chi connectivity index (χ1n) is 8.05. The lowest BCUT2D eigenvalue weighted by atomic mass is 10.1. The van der Waals surface area contributed by atoms with Crippen LogP contribution < -0.4 is 9.83 Å². The van der Waals surface area contributed by atoms with E-state index in [1.807, 2.05) is 6.08 Å². The first-order valence-corrected chi connectivity index (χ1v) is 9.50. The van der Waals surface area contributed by atoms with Crippen LogP contribution in [0.15, 0.2) is 36.9 Å². The average molecular weight is 326 g/mol. The molecule has 23 heavy (non-hydrogen) atoms. The minimum absolute atomic E-state index is 0.746. The van der Waals surface area contributed by atoms with Gasteiger partial charge in [0.1, 0.15) is 13.9 Å². The van der Waals surface area contributed by atoms with Gasteiger partial charge in [-0.15, -0.1) is 6.58 Å². The van der Waals surface area contributed by atoms with Crippen molar-refractivity contribution in [2.75, 3.05) is 6.16 Å². The second kappa shape index (κ2) is 7.32. The van der Waals surface area contributed by atoms with Crippen LogP contribution >= 0.6 is 8.15 Å². The number of allylic oxidation sites excluding steroid dienone is 1. The van der Waals surface area contributed by atoms with Crippen LogP contribution in [0.5, 0.6) is 5.75 Å². The number of hydrogen-bond donors (Lipinski definition) is 0. The Kier molecular flexibility index (Phi) is 5.65. The molecular formula is C21H27OP. The summed E-state index contributed by atoms with van der Waals surface area (Å²) < 4.78 is 6.55. The van der Waals surface area contributed by atoms with Crippen LogP contribution in [-0.4, -0.2) is 6.16 Å². The molecular weight excluding hydrogens is 299 g/mol. The van der Waals surface area contributed by atoms with Gasteiger partial charge in [-0.25, -0.2) is 0 Å². The topological polar surface area (TPSA) is 9.23 Å². The van der Waals surface area contributed by atoms with E-state index in [4.69, 9.17) is 4.52 Å². The molecule has 2 heteroatoms. The minimum atomic E-state index is -0.746. The van der Waals surface area contributed by atoms with Crippen LogP contribution in [0.4, 0.5) is 0 Å². The molecule has 2 rings (SSSR count). The highest BCUT2D eigenvalue weighted by Gasteiger charge is 2.20. The van der Waals surface area contributed by atoms with Crippen molar-refractivity contribution < 1.29 is 4.52 Å². The Hall–Kier alpha value is -1.59. The first-order chi connectivity index (χ1) is 10.8. The van der Waals surface area contributed by atoms with E-state index < -0.39 is 8.15 Å². The highest BCUT2D eigenvalue weighted by Crippen LogP contribution is 2.42. The monoisotopic (exact) mass is 326 g/mol. The molecule has 0 bridgehead atoms. The first kappa shape index (κ1) is 17.8. The molecule has 2 aromatic rings. The summed E-state index contributed by atoms with van der Waals surface area (Å²) >= 11 is 0. The smallest absolute Gasteiger partial charge is 0.129 e. The second-order valence-electron chi connectivity index (χ2n) is 6.42. The van der Waals surface area contributed by atoms with Gasteiger partial charge in [-0.05, 0) is 63.8 Å². The third-order valence-corrected chi connectivity index (χ3v) is 6.18. The van der Waals surface area contributed by atoms with Gasteiger partial charge in [0.25, 0.3) is 0 Å². The highest BCUT2D eigenvalue weighted by atomic mass is 31.1. The quantitative estimate of drug-likeness (QED) is 0.496. The number of rotatable bonds is 5. The molecule has 0 aliphatic rings. The molecule has 2 aromatic carbocycles. The molecule has 0 heterocycles. The molecule has 0 aromatic heterocycles. The molecule has 122 valence electrons. The Labute approximate surface area is 142 Å². The van der Waals surface area contributed by atoms with Crippen LogP contribution in [0.3, 0.4) is 0 Å². The molecule has 0 aliphatic heterocycles. The van der Waals surface area contributed by atoms with Crippen molar-refractivity contribution in [1.82, 2.24) is 0 Å². The molecule has 0 saturated heterocycles. The van der Waals surface area contributed by atoms with Gasteiger partial charge in [0.05, 0.1) is 0 Å². The minimum Gasteiger partial charge on any atom is -0.468 e. The van der Waals surface area contributed by atoms with Gasteiger partial charge >= 0.3 is 0 Å². The average Bonchev–Trinajstić information content (AvgIpc) is 2.41. The number of benzene rings is 2. The van der Waals surface area contributed by atoms with Gasteiger partial charge in [-0.1, -0.05) is 41.5 Å². The molecule has 0 spiro atoms. The van der Waals surface area contributed by atoms with Crippen molar-refractivity contribution in [3.8, 4) is 5.75 Å². The lowest BCUT2D eigenvalue weighted by Gasteiger charge is -2.24. The summed E-state index contributed by atoms with van der Waals surface area (Å²) in [6.45, 7) is 16.9. The van der Waals surface area contributed by atoms with Crippen LogP contribution in [-0.2, 0) is 0 Å². The molecule has 0 N–H and O–H groups in total. The van der Waals surface area contributed by atoms with Gasteiger partial charge in [0.15, 0.2) is 0 Å². The van der Waals surface area contributed by atoms with Crippen LogP contribution in [0, 0.1) is 41.5 Å². The molecule has 0 saturated carbocycles. The van der Waals surface area contributed by atoms with E-state index >= 15 is 0 Å². The summed E-state index contributed by atoms with van der Waals surface area (Å²) in [5.74, 6) is 1.03. The van der Waals surface area contributed by atoms with Gasteiger partial charge in [0, 0.05) is 11.5 Å². The van der Waals surface area contributed by atoms with E-state index in [9.17, 15) is 0 Å². The van der Waals surface area contributed by atoms with E-state index in [2.05, 4.69) is 72.4 Å². The van der Waals surface area contributed by atoms with Gasteiger partial charge in [0.2, 0.25) is 0 Å². The Bertz CT molecular complexity index is 685. The van der Waals surface area contributed by atoms with Crippen molar-refractivity contribution in [3.63, 3.8) is 0 Å². The Morgan fingerprint density at radius 1 is 0.826 bits per heavy atom. The summed E-state index contributed by atoms with van der Waals surface area (Å²) in [7, 11) is -0.746. The maximum Gasteiger partial charge on any atom is 0.129 e. The van der Waals surface area contributed by atoms with Crippen LogP contribution in [0.1, 0.15) is 33.4 Å². The number of hydrogen-bond acceptors (Lipinski definition) is 1. The standard InChI is InChI=1S/C21H27OP/c1-8-9-23(21-18(6)12-15(3)13-19(21)7)22-20-16(4)10-14(2)11-17(20)5/h8,10-13H,1,9H2,2-7H3. The van der Waals surface area contributed by atoms with E-state index in [1.165, 1.54) is 38.7 Å². The Morgan fingerprint density at radius 2 is 1.26 bits per heavy atom. The van der Waals surface area contributed by atoms with Crippen molar-refractivity contribution in [2.45, 2.75) is 41.5 Å². The maximum atomic E-state index is 6.55. The molecule has 0 radical (unpaired) electrons. The van der Waals surface area contributed by atoms with Gasteiger partial charge in [-0.2, -0.15) is 0 Å². The van der Waals surface area contributed by atoms with Gasteiger partial charge in [-0.3, -0.25) is 0 Å². The molecule has 0 aliphatic carbocycles. The third-order valence-electron chi connectivity index (χ3n) is 3.99. The van der Waals surface area contributed by atoms with Crippen LogP contribution in [0.2, 0.25) is 0 Å². The SMILES string of the molecule is C=CCP(Oc1c(C)cc(C)cc1C)c1c(C)cc(C)cc1C. The lowest BCUT2D eigenvalue weighted by Crippen LogP contribution is -2.15. The summed E-state index contributed by atoms with van der Waals surface area (Å²) in [6, 6.07) is 8.88. The maximum absolute atomic E-state index is 6.55. The Balaban J connectivity index is 2.47. The zero-order valence-corrected chi connectivity index (χ0v) is 16.1. The number of aryl methyl sites for hydroxylation is 6. The highest BCUT2D eigenvalue weighted by molar-refractivity contribution is 7.61. The molecule has 1 atom stereocenters. The van der Waals surface area contributed by atoms with Crippen molar-refractivity contribution in [1.29, 1.82) is 0 Å². The molecule has 1 unspecified atom stereocenters. The molecule has 0 amide bonds. The van der Waals surface area contributed by atoms with E-state index in [0.29, 0.717) is 0 Å². The fourth-order valence-corrected chi connectivity index (χ4v) is 5.29. The predicted molar refractivity (Wildman–Crippen MR) is 104 cm³/mol. The fraction of sp³-hybridized carbons (Fsp3) is 0.333. The van der Waals surface area contributed by atoms with E-state index in [0.717, 1.165) is 11.9 Å². The van der Waals surface area contributed by atoms with E-state index in [1.54, 1.807) is 0 Å². The second-order valence-corrected chi connectivity index (χ2v) is 8.17. The van der Waals surface area contributed by atoms with E-state index in [-0.39, 0.29) is 0 Å². The molecule has 0 fully saturated rings. The lowest BCUT2D eigenvalue weighted by molar-refractivity contribution is 0.611. The normalized spacial score (nSPS) is 12.1. The Morgan fingerprint density at radius 3 is 1.70 bits per heavy atom. The predicted octanol–water partition coefficient (Wildman–Crippen LogP) is 5.82. The third kappa shape index (κ3) is 4.03. The van der Waals surface area contributed by atoms with Crippen LogP contribution in [0.25, 0.3) is 0 Å². The largest absolute Gasteiger partial charge is 0.468 e. The van der Waals surface area contributed by atoms with Crippen molar-refractivity contribution >= 4 is 13.5 Å². The van der Waals surface area contributed by atoms with Crippen molar-refractivity contribution in [3.05, 3.63) is 70.3 Å². The summed E-state index contributed by atoms with van der Waals surface area (Å²) in [5.41, 5.74) is 7.64. The van der Waals surface area contributed by atoms with Gasteiger partial charge < -0.3 is 4.52 Å². The summed E-state index contributed by atoms with van der Waals surface area (Å²) in [5, 5.41) is 1.35. The zero-order chi connectivity index (χ0) is 17.1. The zero-order valence-electron chi connectivity index (χ0n) is 15.2. The fourth-order valence-electron chi connectivity index (χ4n) is 3.28. The van der Waals surface area contributed by atoms with Crippen molar-refractivity contribution in [2.24, 2.45) is 0 Å².